The number of nitrogens with one attached hydrogen (secondary N) is 1. The first-order valence-corrected chi connectivity index (χ1v) is 11.4. The number of aryl methyl sites for hydroxylation is 2. The summed E-state index contributed by atoms with van der Waals surface area (Å²) in [6.45, 7) is 0. The Bertz CT molecular complexity index is 1200. The molecule has 0 bridgehead atoms. The Morgan fingerprint density at radius 1 is 0.897 bits per heavy atom. The highest BCUT2D eigenvalue weighted by atomic mass is 32.2. The summed E-state index contributed by atoms with van der Waals surface area (Å²) < 4.78 is 31.2. The van der Waals surface area contributed by atoms with Crippen LogP contribution >= 0.6 is 0 Å². The third-order valence-electron chi connectivity index (χ3n) is 5.08. The van der Waals surface area contributed by atoms with Gasteiger partial charge in [-0.2, -0.15) is 0 Å². The smallest absolute Gasteiger partial charge is 0.229 e. The minimum Gasteiger partial charge on any atom is -0.497 e. The molecule has 3 aromatic rings. The van der Waals surface area contributed by atoms with E-state index >= 15 is 0 Å². The third-order valence-corrected chi connectivity index (χ3v) is 5.69. The van der Waals surface area contributed by atoms with Gasteiger partial charge in [-0.15, -0.1) is 0 Å². The number of anilines is 1. The molecule has 1 aliphatic rings. The van der Waals surface area contributed by atoms with Gasteiger partial charge in [0.2, 0.25) is 10.0 Å². The van der Waals surface area contributed by atoms with Crippen LogP contribution in [0, 0.1) is 0 Å². The molecule has 1 aliphatic carbocycles. The summed E-state index contributed by atoms with van der Waals surface area (Å²) in [6, 6.07) is 22.1. The topological polar surface area (TPSA) is 55.4 Å². The molecule has 0 saturated heterocycles. The lowest BCUT2D eigenvalue weighted by Crippen LogP contribution is -2.09. The van der Waals surface area contributed by atoms with Crippen molar-refractivity contribution in [2.75, 3.05) is 18.1 Å². The van der Waals surface area contributed by atoms with Crippen molar-refractivity contribution in [3.8, 4) is 5.75 Å². The number of methoxy groups -OCH3 is 1. The largest absolute Gasteiger partial charge is 0.497 e. The molecule has 0 spiro atoms. The van der Waals surface area contributed by atoms with Crippen molar-refractivity contribution < 1.29 is 13.2 Å². The van der Waals surface area contributed by atoms with Crippen molar-refractivity contribution in [1.29, 1.82) is 0 Å². The Hall–Kier alpha value is -3.05. The molecule has 29 heavy (non-hydrogen) atoms. The van der Waals surface area contributed by atoms with Crippen molar-refractivity contribution in [1.82, 2.24) is 0 Å². The first kappa shape index (κ1) is 19.3. The first-order valence-electron chi connectivity index (χ1n) is 9.48. The quantitative estimate of drug-likeness (QED) is 0.681. The van der Waals surface area contributed by atoms with Crippen LogP contribution in [-0.4, -0.2) is 21.8 Å². The second-order valence-corrected chi connectivity index (χ2v) is 8.99. The van der Waals surface area contributed by atoms with Crippen LogP contribution in [0.25, 0.3) is 11.6 Å². The predicted octanol–water partition coefficient (Wildman–Crippen LogP) is 4.75. The van der Waals surface area contributed by atoms with E-state index in [0.717, 1.165) is 41.5 Å². The van der Waals surface area contributed by atoms with Crippen LogP contribution in [0.2, 0.25) is 0 Å². The number of rotatable bonds is 4. The van der Waals surface area contributed by atoms with Gasteiger partial charge in [-0.05, 0) is 76.6 Å². The van der Waals surface area contributed by atoms with Gasteiger partial charge >= 0.3 is 0 Å². The Morgan fingerprint density at radius 3 is 2.41 bits per heavy atom. The molecule has 4 nitrogen and oxygen atoms in total. The molecule has 0 atom stereocenters. The maximum atomic E-state index is 11.6. The lowest BCUT2D eigenvalue weighted by atomic mass is 9.92. The fourth-order valence-electron chi connectivity index (χ4n) is 3.79. The van der Waals surface area contributed by atoms with Crippen LogP contribution in [0.5, 0.6) is 5.75 Å². The molecule has 5 heteroatoms. The molecule has 0 amide bonds. The molecular formula is C24H23NO3S. The molecule has 4 rings (SSSR count). The lowest BCUT2D eigenvalue weighted by molar-refractivity contribution is 0.414. The van der Waals surface area contributed by atoms with Crippen LogP contribution < -0.4 is 9.46 Å². The molecule has 148 valence electrons. The van der Waals surface area contributed by atoms with E-state index in [-0.39, 0.29) is 0 Å². The number of benzene rings is 3. The first-order chi connectivity index (χ1) is 13.9. The normalized spacial score (nSPS) is 14.6. The standard InChI is InChI=1S/C24H23NO3S/c1-28-21-13-12-19-11-10-18-7-3-4-9-22(18)24(23(19)16-21)15-17-6-5-8-20(14-17)25-29(2,26)27/h3-9,12-16,25H,10-11H2,1-2H3. The van der Waals surface area contributed by atoms with E-state index < -0.39 is 10.0 Å². The second-order valence-electron chi connectivity index (χ2n) is 7.24. The number of hydrogen-bond acceptors (Lipinski definition) is 3. The molecule has 0 heterocycles. The fourth-order valence-corrected chi connectivity index (χ4v) is 4.35. The van der Waals surface area contributed by atoms with Gasteiger partial charge in [-0.25, -0.2) is 8.42 Å². The lowest BCUT2D eigenvalue weighted by Gasteiger charge is -2.14. The Morgan fingerprint density at radius 2 is 1.66 bits per heavy atom. The minimum atomic E-state index is -3.33. The van der Waals surface area contributed by atoms with E-state index in [9.17, 15) is 8.42 Å². The van der Waals surface area contributed by atoms with Gasteiger partial charge in [0, 0.05) is 5.69 Å². The third kappa shape index (κ3) is 4.35. The zero-order valence-electron chi connectivity index (χ0n) is 16.5. The van der Waals surface area contributed by atoms with Gasteiger partial charge in [0.15, 0.2) is 0 Å². The summed E-state index contributed by atoms with van der Waals surface area (Å²) in [6.07, 6.45) is 5.21. The predicted molar refractivity (Wildman–Crippen MR) is 119 cm³/mol. The summed E-state index contributed by atoms with van der Waals surface area (Å²) in [7, 11) is -1.65. The van der Waals surface area contributed by atoms with E-state index in [1.165, 1.54) is 16.7 Å². The summed E-state index contributed by atoms with van der Waals surface area (Å²) in [5.41, 5.74) is 7.52. The van der Waals surface area contributed by atoms with E-state index in [1.807, 2.05) is 24.3 Å². The minimum absolute atomic E-state index is 0.551. The van der Waals surface area contributed by atoms with Crippen LogP contribution in [0.4, 0.5) is 5.69 Å². The maximum absolute atomic E-state index is 11.6. The Labute approximate surface area is 171 Å². The molecule has 0 aliphatic heterocycles. The Kier molecular flexibility index (Phi) is 5.16. The van der Waals surface area contributed by atoms with Crippen LogP contribution in [0.15, 0.2) is 66.7 Å². The Balaban J connectivity index is 1.89. The van der Waals surface area contributed by atoms with Crippen molar-refractivity contribution in [3.05, 3.63) is 94.5 Å². The van der Waals surface area contributed by atoms with E-state index in [2.05, 4.69) is 47.2 Å². The number of fused-ring (bicyclic) bond motifs is 2. The van der Waals surface area contributed by atoms with Crippen LogP contribution in [0.1, 0.15) is 27.8 Å². The fraction of sp³-hybridized carbons (Fsp3) is 0.167. The maximum Gasteiger partial charge on any atom is 0.229 e. The van der Waals surface area contributed by atoms with Gasteiger partial charge in [0.05, 0.1) is 13.4 Å². The number of ether oxygens (including phenoxy) is 1. The molecule has 1 N–H and O–H groups in total. The van der Waals surface area contributed by atoms with E-state index in [1.54, 1.807) is 13.2 Å². The van der Waals surface area contributed by atoms with E-state index in [4.69, 9.17) is 4.74 Å². The summed E-state index contributed by atoms with van der Waals surface area (Å²) >= 11 is 0. The summed E-state index contributed by atoms with van der Waals surface area (Å²) in [4.78, 5) is 0. The molecule has 0 unspecified atom stereocenters. The van der Waals surface area contributed by atoms with Crippen LogP contribution in [0.3, 0.4) is 0 Å². The molecule has 0 saturated carbocycles. The zero-order valence-corrected chi connectivity index (χ0v) is 17.3. The van der Waals surface area contributed by atoms with Gasteiger partial charge in [-0.1, -0.05) is 42.5 Å². The molecule has 0 fully saturated rings. The summed E-state index contributed by atoms with van der Waals surface area (Å²) in [5.74, 6) is 0.821. The number of hydrogen-bond donors (Lipinski definition) is 1. The summed E-state index contributed by atoms with van der Waals surface area (Å²) in [5, 5.41) is 0. The van der Waals surface area contributed by atoms with Crippen molar-refractivity contribution in [3.63, 3.8) is 0 Å². The molecule has 3 aromatic carbocycles. The van der Waals surface area contributed by atoms with Gasteiger partial charge < -0.3 is 4.74 Å². The van der Waals surface area contributed by atoms with Crippen molar-refractivity contribution in [2.24, 2.45) is 0 Å². The number of sulfonamides is 1. The van der Waals surface area contributed by atoms with Crippen molar-refractivity contribution in [2.45, 2.75) is 12.8 Å². The van der Waals surface area contributed by atoms with Crippen molar-refractivity contribution >= 4 is 27.4 Å². The highest BCUT2D eigenvalue weighted by Crippen LogP contribution is 2.36. The average Bonchev–Trinajstić information content (AvgIpc) is 2.84. The highest BCUT2D eigenvalue weighted by Gasteiger charge is 2.18. The van der Waals surface area contributed by atoms with E-state index in [0.29, 0.717) is 5.69 Å². The van der Waals surface area contributed by atoms with Crippen LogP contribution in [-0.2, 0) is 22.9 Å². The monoisotopic (exact) mass is 405 g/mol. The highest BCUT2D eigenvalue weighted by molar-refractivity contribution is 7.92. The SMILES string of the molecule is COc1ccc2c(c1)C(=Cc1cccc(NS(C)(=O)=O)c1)c1ccccc1CC2. The molecular weight excluding hydrogens is 382 g/mol. The van der Waals surface area contributed by atoms with Gasteiger partial charge in [-0.3, -0.25) is 4.72 Å². The van der Waals surface area contributed by atoms with Gasteiger partial charge in [0.25, 0.3) is 0 Å². The average molecular weight is 406 g/mol. The molecule has 0 aromatic heterocycles. The zero-order chi connectivity index (χ0) is 20.4. The van der Waals surface area contributed by atoms with Gasteiger partial charge in [0.1, 0.15) is 5.75 Å². The second kappa shape index (κ2) is 7.76. The molecule has 0 radical (unpaired) electrons.